The second kappa shape index (κ2) is 8.02. The number of nitrogens with zero attached hydrogens (tertiary/aromatic N) is 2. The molecule has 6 heteroatoms. The first kappa shape index (κ1) is 17.9. The molecule has 2 aromatic heterocycles. The maximum atomic E-state index is 12.4. The summed E-state index contributed by atoms with van der Waals surface area (Å²) in [5.41, 5.74) is 5.23. The average molecular weight is 386 g/mol. The number of carbonyl (C=O) groups excluding carboxylic acids is 1. The average Bonchev–Trinajstić information content (AvgIpc) is 3.19. The van der Waals surface area contributed by atoms with Crippen molar-refractivity contribution < 1.29 is 4.79 Å². The lowest BCUT2D eigenvalue weighted by atomic mass is 10.1. The monoisotopic (exact) mass is 386 g/mol. The van der Waals surface area contributed by atoms with Crippen LogP contribution in [-0.4, -0.2) is 15.9 Å². The van der Waals surface area contributed by atoms with Gasteiger partial charge in [0.1, 0.15) is 0 Å². The molecule has 0 radical (unpaired) electrons. The minimum absolute atomic E-state index is 0.110. The largest absolute Gasteiger partial charge is 0.332 e. The van der Waals surface area contributed by atoms with Gasteiger partial charge in [0, 0.05) is 40.3 Å². The van der Waals surface area contributed by atoms with Crippen molar-refractivity contribution in [2.45, 2.75) is 6.92 Å². The minimum atomic E-state index is -0.110. The van der Waals surface area contributed by atoms with Crippen molar-refractivity contribution in [3.8, 4) is 11.3 Å². The van der Waals surface area contributed by atoms with Crippen LogP contribution in [0.4, 0.5) is 16.5 Å². The Kier molecular flexibility index (Phi) is 5.12. The lowest BCUT2D eigenvalue weighted by molar-refractivity contribution is 0.102. The third-order valence-electron chi connectivity index (χ3n) is 4.26. The van der Waals surface area contributed by atoms with E-state index in [1.165, 1.54) is 0 Å². The fourth-order valence-corrected chi connectivity index (χ4v) is 3.51. The van der Waals surface area contributed by atoms with Crippen LogP contribution in [0.25, 0.3) is 11.3 Å². The highest BCUT2D eigenvalue weighted by molar-refractivity contribution is 7.14. The number of aromatic nitrogens is 2. The number of hydrogen-bond donors (Lipinski definition) is 2. The predicted molar refractivity (Wildman–Crippen MR) is 114 cm³/mol. The molecule has 1 amide bonds. The van der Waals surface area contributed by atoms with E-state index in [1.54, 1.807) is 23.7 Å². The Balaban J connectivity index is 1.42. The van der Waals surface area contributed by atoms with Gasteiger partial charge >= 0.3 is 0 Å². The number of hydrogen-bond acceptors (Lipinski definition) is 5. The van der Waals surface area contributed by atoms with Crippen molar-refractivity contribution in [2.24, 2.45) is 0 Å². The third kappa shape index (κ3) is 4.07. The fraction of sp³-hybridized carbons (Fsp3) is 0.0455. The molecule has 0 saturated heterocycles. The summed E-state index contributed by atoms with van der Waals surface area (Å²) in [7, 11) is 0. The number of nitrogens with one attached hydrogen (secondary N) is 2. The van der Waals surface area contributed by atoms with Gasteiger partial charge in [0.05, 0.1) is 5.69 Å². The van der Waals surface area contributed by atoms with Crippen molar-refractivity contribution in [1.29, 1.82) is 0 Å². The van der Waals surface area contributed by atoms with Crippen LogP contribution >= 0.6 is 11.3 Å². The zero-order valence-electron chi connectivity index (χ0n) is 15.2. The van der Waals surface area contributed by atoms with Gasteiger partial charge in [-0.3, -0.25) is 9.78 Å². The number of amides is 1. The molecule has 0 unspecified atom stereocenters. The van der Waals surface area contributed by atoms with Gasteiger partial charge in [-0.1, -0.05) is 18.2 Å². The normalized spacial score (nSPS) is 10.5. The predicted octanol–water partition coefficient (Wildman–Crippen LogP) is 5.51. The number of rotatable bonds is 5. The lowest BCUT2D eigenvalue weighted by Crippen LogP contribution is -2.13. The molecule has 2 N–H and O–H groups in total. The molecular weight excluding hydrogens is 368 g/mol. The molecule has 138 valence electrons. The Bertz CT molecular complexity index is 1090. The Morgan fingerprint density at radius 3 is 2.39 bits per heavy atom. The van der Waals surface area contributed by atoms with Crippen molar-refractivity contribution in [1.82, 2.24) is 9.97 Å². The molecule has 5 nitrogen and oxygen atoms in total. The summed E-state index contributed by atoms with van der Waals surface area (Å²) in [5.74, 6) is -0.110. The van der Waals surface area contributed by atoms with Crippen LogP contribution in [0.3, 0.4) is 0 Å². The van der Waals surface area contributed by atoms with Crippen LogP contribution in [0.15, 0.2) is 78.4 Å². The number of thiazole rings is 1. The molecule has 0 atom stereocenters. The van der Waals surface area contributed by atoms with Crippen LogP contribution in [0, 0.1) is 6.92 Å². The standard InChI is InChI=1S/C22H18N4OS/c1-15-4-2-3-5-19(15)21(27)24-17-6-8-18(9-7-17)25-22-26-20(14-28-22)16-10-12-23-13-11-16/h2-14H,1H3,(H,24,27)(H,25,26). The molecular formula is C22H18N4OS. The molecule has 0 fully saturated rings. The maximum absolute atomic E-state index is 12.4. The molecule has 4 aromatic rings. The van der Waals surface area contributed by atoms with Crippen LogP contribution in [-0.2, 0) is 0 Å². The minimum Gasteiger partial charge on any atom is -0.332 e. The van der Waals surface area contributed by atoms with Crippen LogP contribution in [0.1, 0.15) is 15.9 Å². The first-order chi connectivity index (χ1) is 13.7. The fourth-order valence-electron chi connectivity index (χ4n) is 2.77. The highest BCUT2D eigenvalue weighted by Gasteiger charge is 2.09. The van der Waals surface area contributed by atoms with Gasteiger partial charge in [-0.15, -0.1) is 11.3 Å². The molecule has 0 aliphatic heterocycles. The number of anilines is 3. The Labute approximate surface area is 167 Å². The van der Waals surface area contributed by atoms with Gasteiger partial charge in [-0.05, 0) is 55.0 Å². The van der Waals surface area contributed by atoms with Gasteiger partial charge in [-0.2, -0.15) is 0 Å². The second-order valence-electron chi connectivity index (χ2n) is 6.25. The molecule has 4 rings (SSSR count). The molecule has 28 heavy (non-hydrogen) atoms. The summed E-state index contributed by atoms with van der Waals surface area (Å²) in [5, 5.41) is 9.04. The van der Waals surface area contributed by atoms with Crippen molar-refractivity contribution in [3.63, 3.8) is 0 Å². The van der Waals surface area contributed by atoms with E-state index < -0.39 is 0 Å². The third-order valence-corrected chi connectivity index (χ3v) is 5.02. The van der Waals surface area contributed by atoms with Crippen LogP contribution in [0.2, 0.25) is 0 Å². The zero-order chi connectivity index (χ0) is 19.3. The smallest absolute Gasteiger partial charge is 0.255 e. The Morgan fingerprint density at radius 1 is 0.929 bits per heavy atom. The summed E-state index contributed by atoms with van der Waals surface area (Å²) >= 11 is 1.54. The van der Waals surface area contributed by atoms with Crippen molar-refractivity contribution >= 4 is 33.8 Å². The maximum Gasteiger partial charge on any atom is 0.255 e. The van der Waals surface area contributed by atoms with E-state index in [-0.39, 0.29) is 5.91 Å². The van der Waals surface area contributed by atoms with Gasteiger partial charge in [0.25, 0.3) is 5.91 Å². The molecule has 2 aromatic carbocycles. The molecule has 0 saturated carbocycles. The number of carbonyl (C=O) groups is 1. The van der Waals surface area contributed by atoms with Crippen LogP contribution in [0.5, 0.6) is 0 Å². The second-order valence-corrected chi connectivity index (χ2v) is 7.10. The van der Waals surface area contributed by atoms with E-state index in [2.05, 4.69) is 20.6 Å². The molecule has 0 aliphatic rings. The zero-order valence-corrected chi connectivity index (χ0v) is 16.0. The lowest BCUT2D eigenvalue weighted by Gasteiger charge is -2.09. The Morgan fingerprint density at radius 2 is 1.64 bits per heavy atom. The number of aryl methyl sites for hydroxylation is 1. The topological polar surface area (TPSA) is 66.9 Å². The molecule has 0 bridgehead atoms. The van der Waals surface area contributed by atoms with E-state index >= 15 is 0 Å². The van der Waals surface area contributed by atoms with Gasteiger partial charge in [0.2, 0.25) is 0 Å². The van der Waals surface area contributed by atoms with Gasteiger partial charge in [0.15, 0.2) is 5.13 Å². The quantitative estimate of drug-likeness (QED) is 0.475. The number of pyridine rings is 1. The highest BCUT2D eigenvalue weighted by Crippen LogP contribution is 2.27. The molecule has 0 aliphatic carbocycles. The van der Waals surface area contributed by atoms with E-state index in [0.29, 0.717) is 5.56 Å². The highest BCUT2D eigenvalue weighted by atomic mass is 32.1. The van der Waals surface area contributed by atoms with Gasteiger partial charge < -0.3 is 10.6 Å². The SMILES string of the molecule is Cc1ccccc1C(=O)Nc1ccc(Nc2nc(-c3ccncc3)cs2)cc1. The van der Waals surface area contributed by atoms with Gasteiger partial charge in [-0.25, -0.2) is 4.98 Å². The van der Waals surface area contributed by atoms with E-state index in [9.17, 15) is 4.79 Å². The van der Waals surface area contributed by atoms with Crippen molar-refractivity contribution in [3.05, 3.63) is 89.6 Å². The summed E-state index contributed by atoms with van der Waals surface area (Å²) in [4.78, 5) is 21.0. The summed E-state index contributed by atoms with van der Waals surface area (Å²) in [6, 6.07) is 19.0. The van der Waals surface area contributed by atoms with E-state index in [0.717, 1.165) is 33.3 Å². The number of benzene rings is 2. The summed E-state index contributed by atoms with van der Waals surface area (Å²) in [6.07, 6.45) is 3.51. The first-order valence-electron chi connectivity index (χ1n) is 8.79. The first-order valence-corrected chi connectivity index (χ1v) is 9.67. The summed E-state index contributed by atoms with van der Waals surface area (Å²) in [6.45, 7) is 1.93. The molecule has 0 spiro atoms. The van der Waals surface area contributed by atoms with E-state index in [4.69, 9.17) is 0 Å². The Hall–Kier alpha value is -3.51. The van der Waals surface area contributed by atoms with Crippen LogP contribution < -0.4 is 10.6 Å². The van der Waals surface area contributed by atoms with Crippen molar-refractivity contribution in [2.75, 3.05) is 10.6 Å². The summed E-state index contributed by atoms with van der Waals surface area (Å²) < 4.78 is 0. The molecule has 2 heterocycles. The van der Waals surface area contributed by atoms with E-state index in [1.807, 2.05) is 73.0 Å².